The average molecular weight is 468 g/mol. The number of hydroxylamine groups is 1. The Hall–Kier alpha value is -3.87. The zero-order valence-electron chi connectivity index (χ0n) is 17.8. The topological polar surface area (TPSA) is 135 Å². The third-order valence-electron chi connectivity index (χ3n) is 5.55. The van der Waals surface area contributed by atoms with Crippen molar-refractivity contribution in [2.24, 2.45) is 0 Å². The molecule has 2 aliphatic rings. The number of aromatic nitrogens is 4. The molecule has 12 heteroatoms. The number of aliphatic hydroxyl groups is 2. The van der Waals surface area contributed by atoms with Crippen LogP contribution < -0.4 is 10.4 Å². The van der Waals surface area contributed by atoms with Gasteiger partial charge < -0.3 is 14.9 Å². The number of halogens is 1. The van der Waals surface area contributed by atoms with Crippen LogP contribution in [0, 0.1) is 5.82 Å². The zero-order chi connectivity index (χ0) is 23.7. The molecule has 5 rings (SSSR count). The second-order valence-corrected chi connectivity index (χ2v) is 7.85. The lowest BCUT2D eigenvalue weighted by molar-refractivity contribution is -0.0484. The van der Waals surface area contributed by atoms with Crippen LogP contribution in [0.25, 0.3) is 16.8 Å². The number of anilines is 1. The van der Waals surface area contributed by atoms with Crippen LogP contribution in [0.15, 0.2) is 55.0 Å². The molecule has 0 spiro atoms. The average Bonchev–Trinajstić information content (AvgIpc) is 3.61. The fraction of sp³-hybridized carbons (Fsp3) is 0.273. The Morgan fingerprint density at radius 1 is 1.29 bits per heavy atom. The molecule has 1 fully saturated rings. The number of aliphatic hydroxyl groups excluding tert-OH is 2. The van der Waals surface area contributed by atoms with E-state index in [1.165, 1.54) is 23.4 Å². The molecular formula is C22H21FN6O5. The Bertz CT molecular complexity index is 1200. The molecule has 0 unspecified atom stereocenters. The quantitative estimate of drug-likeness (QED) is 0.466. The lowest BCUT2D eigenvalue weighted by Crippen LogP contribution is -2.29. The molecule has 1 saturated heterocycles. The minimum atomic E-state index is -1.05. The van der Waals surface area contributed by atoms with Gasteiger partial charge in [-0.15, -0.1) is 5.10 Å². The predicted octanol–water partition coefficient (Wildman–Crippen LogP) is 1.10. The Labute approximate surface area is 193 Å². The van der Waals surface area contributed by atoms with Gasteiger partial charge in [0.25, 0.3) is 0 Å². The SMILES string of the molecule is O=C1O[C@@H](Cn2ccnn2)CN1c1ccc(-c2ccc(C3=C[C@H]([C@H](O)CO)ON3)nc2)c(F)c1. The molecule has 0 radical (unpaired) electrons. The number of amides is 1. The second kappa shape index (κ2) is 9.17. The minimum absolute atomic E-state index is 0.268. The molecule has 3 atom stereocenters. The van der Waals surface area contributed by atoms with E-state index in [0.717, 1.165) is 0 Å². The molecule has 0 bridgehead atoms. The Morgan fingerprint density at radius 3 is 2.88 bits per heavy atom. The monoisotopic (exact) mass is 468 g/mol. The van der Waals surface area contributed by atoms with E-state index in [4.69, 9.17) is 14.7 Å². The van der Waals surface area contributed by atoms with Crippen molar-refractivity contribution in [2.45, 2.75) is 24.9 Å². The van der Waals surface area contributed by atoms with Crippen LogP contribution in [-0.4, -0.2) is 67.7 Å². The Morgan fingerprint density at radius 2 is 2.18 bits per heavy atom. The molecule has 0 aliphatic carbocycles. The number of pyridine rings is 1. The Kier molecular flexibility index (Phi) is 5.92. The van der Waals surface area contributed by atoms with Crippen molar-refractivity contribution in [2.75, 3.05) is 18.1 Å². The summed E-state index contributed by atoms with van der Waals surface area (Å²) in [5.74, 6) is -0.507. The number of benzene rings is 1. The summed E-state index contributed by atoms with van der Waals surface area (Å²) in [6.07, 6.45) is 3.63. The fourth-order valence-electron chi connectivity index (χ4n) is 3.78. The highest BCUT2D eigenvalue weighted by atomic mass is 19.1. The van der Waals surface area contributed by atoms with Crippen molar-refractivity contribution in [1.82, 2.24) is 25.5 Å². The van der Waals surface area contributed by atoms with Crippen molar-refractivity contribution in [1.29, 1.82) is 0 Å². The number of hydrogen-bond donors (Lipinski definition) is 3. The van der Waals surface area contributed by atoms with Crippen LogP contribution in [0.2, 0.25) is 0 Å². The molecule has 3 aromatic rings. The van der Waals surface area contributed by atoms with E-state index in [-0.39, 0.29) is 6.54 Å². The van der Waals surface area contributed by atoms with Gasteiger partial charge in [-0.1, -0.05) is 11.3 Å². The number of carbonyl (C=O) groups excluding carboxylic acids is 1. The van der Waals surface area contributed by atoms with Gasteiger partial charge in [0.1, 0.15) is 24.1 Å². The summed E-state index contributed by atoms with van der Waals surface area (Å²) in [5.41, 5.74) is 5.00. The van der Waals surface area contributed by atoms with Gasteiger partial charge in [-0.2, -0.15) is 0 Å². The fourth-order valence-corrected chi connectivity index (χ4v) is 3.78. The molecule has 1 amide bonds. The largest absolute Gasteiger partial charge is 0.442 e. The molecule has 0 saturated carbocycles. The first-order chi connectivity index (χ1) is 16.5. The van der Waals surface area contributed by atoms with Crippen molar-refractivity contribution in [3.8, 4) is 11.1 Å². The van der Waals surface area contributed by atoms with Crippen molar-refractivity contribution < 1.29 is 29.0 Å². The van der Waals surface area contributed by atoms with E-state index in [2.05, 4.69) is 20.8 Å². The van der Waals surface area contributed by atoms with E-state index in [1.807, 2.05) is 0 Å². The third-order valence-corrected chi connectivity index (χ3v) is 5.55. The van der Waals surface area contributed by atoms with Crippen LogP contribution in [0.1, 0.15) is 5.69 Å². The number of nitrogens with one attached hydrogen (secondary N) is 1. The van der Waals surface area contributed by atoms with E-state index < -0.39 is 36.8 Å². The highest BCUT2D eigenvalue weighted by molar-refractivity contribution is 5.90. The van der Waals surface area contributed by atoms with Crippen molar-refractivity contribution in [3.63, 3.8) is 0 Å². The molecule has 176 valence electrons. The predicted molar refractivity (Wildman–Crippen MR) is 116 cm³/mol. The first-order valence-electron chi connectivity index (χ1n) is 10.5. The first-order valence-corrected chi connectivity index (χ1v) is 10.5. The molecule has 34 heavy (non-hydrogen) atoms. The lowest BCUT2D eigenvalue weighted by Gasteiger charge is -2.14. The van der Waals surface area contributed by atoms with E-state index in [1.54, 1.807) is 41.2 Å². The molecule has 11 nitrogen and oxygen atoms in total. The summed E-state index contributed by atoms with van der Waals surface area (Å²) in [7, 11) is 0. The van der Waals surface area contributed by atoms with Gasteiger partial charge >= 0.3 is 6.09 Å². The minimum Gasteiger partial charge on any atom is -0.442 e. The smallest absolute Gasteiger partial charge is 0.414 e. The van der Waals surface area contributed by atoms with Crippen molar-refractivity contribution >= 4 is 17.5 Å². The molecular weight excluding hydrogens is 447 g/mol. The summed E-state index contributed by atoms with van der Waals surface area (Å²) in [5, 5.41) is 26.3. The van der Waals surface area contributed by atoms with Gasteiger partial charge in [-0.05, 0) is 30.3 Å². The standard InChI is InChI=1S/C22H21FN6O5/c23-17-7-14(29-11-15(33-22(29)32)10-28-6-5-25-27-28)2-3-16(17)13-1-4-18(24-9-13)19-8-21(34-26-19)20(31)12-30/h1-9,15,20-21,26,30-31H,10-12H2/t15-,20+,21+/m0/s1. The van der Waals surface area contributed by atoms with Gasteiger partial charge in [-0.3, -0.25) is 20.2 Å². The van der Waals surface area contributed by atoms with Gasteiger partial charge in [0.15, 0.2) is 0 Å². The molecule has 3 N–H and O–H groups in total. The molecule has 2 aromatic heterocycles. The summed E-state index contributed by atoms with van der Waals surface area (Å²) >= 11 is 0. The highest BCUT2D eigenvalue weighted by Crippen LogP contribution is 2.30. The summed E-state index contributed by atoms with van der Waals surface area (Å²) < 4.78 is 21.9. The first kappa shape index (κ1) is 21.9. The maximum atomic E-state index is 15.0. The van der Waals surface area contributed by atoms with Gasteiger partial charge in [-0.25, -0.2) is 13.9 Å². The number of ether oxygens (including phenoxy) is 1. The van der Waals surface area contributed by atoms with Crippen LogP contribution in [0.4, 0.5) is 14.9 Å². The summed E-state index contributed by atoms with van der Waals surface area (Å²) in [6, 6.07) is 7.92. The number of carbonyl (C=O) groups is 1. The second-order valence-electron chi connectivity index (χ2n) is 7.85. The highest BCUT2D eigenvalue weighted by Gasteiger charge is 2.33. The number of nitrogens with zero attached hydrogens (tertiary/aromatic N) is 5. The summed E-state index contributed by atoms with van der Waals surface area (Å²) in [4.78, 5) is 23.2. The maximum Gasteiger partial charge on any atom is 0.414 e. The van der Waals surface area contributed by atoms with E-state index in [9.17, 15) is 14.3 Å². The van der Waals surface area contributed by atoms with Crippen LogP contribution in [0.3, 0.4) is 0 Å². The number of cyclic esters (lactones) is 1. The van der Waals surface area contributed by atoms with Crippen LogP contribution in [0.5, 0.6) is 0 Å². The Balaban J connectivity index is 1.29. The van der Waals surface area contributed by atoms with Gasteiger partial charge in [0, 0.05) is 23.5 Å². The number of rotatable bonds is 7. The van der Waals surface area contributed by atoms with E-state index >= 15 is 0 Å². The van der Waals surface area contributed by atoms with E-state index in [0.29, 0.717) is 34.8 Å². The lowest BCUT2D eigenvalue weighted by atomic mass is 10.1. The zero-order valence-corrected chi connectivity index (χ0v) is 17.8. The van der Waals surface area contributed by atoms with Crippen molar-refractivity contribution in [3.05, 3.63) is 66.5 Å². The molecule has 4 heterocycles. The number of hydrogen-bond acceptors (Lipinski definition) is 9. The third kappa shape index (κ3) is 4.33. The normalized spacial score (nSPS) is 20.7. The summed E-state index contributed by atoms with van der Waals surface area (Å²) in [6.45, 7) is 0.191. The molecule has 2 aliphatic heterocycles. The maximum absolute atomic E-state index is 15.0. The van der Waals surface area contributed by atoms with Gasteiger partial charge in [0.05, 0.1) is 43.0 Å². The van der Waals surface area contributed by atoms with Crippen LogP contribution in [-0.2, 0) is 16.1 Å². The van der Waals surface area contributed by atoms with Gasteiger partial charge in [0.2, 0.25) is 0 Å². The molecule has 1 aromatic carbocycles. The van der Waals surface area contributed by atoms with Crippen LogP contribution >= 0.6 is 0 Å².